The fraction of sp³-hybridized carbons (Fsp3) is 0.500. The number of amides is 1. The fourth-order valence-corrected chi connectivity index (χ4v) is 2.46. The lowest BCUT2D eigenvalue weighted by Gasteiger charge is -2.10. The highest BCUT2D eigenvalue weighted by atomic mass is 32.2. The molecule has 1 unspecified atom stereocenters. The summed E-state index contributed by atoms with van der Waals surface area (Å²) in [5.74, 6) is 1.24. The highest BCUT2D eigenvalue weighted by Gasteiger charge is 2.15. The Bertz CT molecular complexity index is 525. The van der Waals surface area contributed by atoms with Gasteiger partial charge in [0.15, 0.2) is 5.75 Å². The van der Waals surface area contributed by atoms with Gasteiger partial charge in [-0.2, -0.15) is 0 Å². The summed E-state index contributed by atoms with van der Waals surface area (Å²) in [6.45, 7) is 3.05. The van der Waals surface area contributed by atoms with Crippen LogP contribution in [0.2, 0.25) is 0 Å². The summed E-state index contributed by atoms with van der Waals surface area (Å²) in [6, 6.07) is 4.80. The van der Waals surface area contributed by atoms with Crippen molar-refractivity contribution in [3.05, 3.63) is 33.9 Å². The van der Waals surface area contributed by atoms with Crippen molar-refractivity contribution in [2.24, 2.45) is 11.7 Å². The monoisotopic (exact) mass is 327 g/mol. The molecule has 1 atom stereocenters. The summed E-state index contributed by atoms with van der Waals surface area (Å²) >= 11 is 1.40. The molecule has 0 aliphatic carbocycles. The topological polar surface area (TPSA) is 107 Å². The van der Waals surface area contributed by atoms with Gasteiger partial charge in [-0.3, -0.25) is 14.9 Å². The summed E-state index contributed by atoms with van der Waals surface area (Å²) in [7, 11) is 1.39. The van der Waals surface area contributed by atoms with Gasteiger partial charge in [0.1, 0.15) is 0 Å². The minimum atomic E-state index is -0.478. The van der Waals surface area contributed by atoms with Crippen molar-refractivity contribution in [2.75, 3.05) is 26.0 Å². The molecule has 8 heteroatoms. The van der Waals surface area contributed by atoms with Crippen molar-refractivity contribution in [1.82, 2.24) is 5.32 Å². The van der Waals surface area contributed by atoms with E-state index >= 15 is 0 Å². The molecule has 0 spiro atoms. The normalized spacial score (nSPS) is 11.8. The average Bonchev–Trinajstić information content (AvgIpc) is 2.52. The summed E-state index contributed by atoms with van der Waals surface area (Å²) in [5, 5.41) is 13.7. The maximum absolute atomic E-state index is 11.6. The number of benzene rings is 1. The zero-order valence-corrected chi connectivity index (χ0v) is 13.5. The third-order valence-corrected chi connectivity index (χ3v) is 4.00. The molecule has 1 rings (SSSR count). The van der Waals surface area contributed by atoms with E-state index in [-0.39, 0.29) is 23.3 Å². The Balaban J connectivity index is 2.46. The lowest BCUT2D eigenvalue weighted by atomic mass is 10.2. The Labute approximate surface area is 133 Å². The molecule has 1 aromatic carbocycles. The second-order valence-corrected chi connectivity index (χ2v) is 5.89. The minimum absolute atomic E-state index is 0.0617. The Kier molecular flexibility index (Phi) is 7.69. The number of rotatable bonds is 9. The molecule has 22 heavy (non-hydrogen) atoms. The number of thioether (sulfide) groups is 1. The second-order valence-electron chi connectivity index (χ2n) is 4.90. The molecule has 0 aromatic heterocycles. The molecule has 1 amide bonds. The van der Waals surface area contributed by atoms with E-state index in [1.165, 1.54) is 24.9 Å². The first-order valence-corrected chi connectivity index (χ1v) is 7.99. The molecule has 0 aliphatic heterocycles. The van der Waals surface area contributed by atoms with E-state index in [2.05, 4.69) is 5.32 Å². The number of hydrogen-bond acceptors (Lipinski definition) is 6. The number of nitrogens with zero attached hydrogens (tertiary/aromatic N) is 1. The molecule has 122 valence electrons. The smallest absolute Gasteiger partial charge is 0.311 e. The summed E-state index contributed by atoms with van der Waals surface area (Å²) < 4.78 is 4.95. The Hall–Kier alpha value is -1.80. The molecule has 0 radical (unpaired) electrons. The van der Waals surface area contributed by atoms with Gasteiger partial charge in [0.25, 0.3) is 0 Å². The maximum atomic E-state index is 11.6. The van der Waals surface area contributed by atoms with Crippen LogP contribution in [0.5, 0.6) is 5.75 Å². The molecule has 0 aliphatic rings. The highest BCUT2D eigenvalue weighted by molar-refractivity contribution is 7.99. The van der Waals surface area contributed by atoms with Gasteiger partial charge in [0.05, 0.1) is 17.8 Å². The summed E-state index contributed by atoms with van der Waals surface area (Å²) in [5.41, 5.74) is 6.19. The zero-order valence-electron chi connectivity index (χ0n) is 12.7. The zero-order chi connectivity index (χ0) is 16.5. The van der Waals surface area contributed by atoms with E-state index in [0.717, 1.165) is 5.56 Å². The molecule has 3 N–H and O–H groups in total. The van der Waals surface area contributed by atoms with Gasteiger partial charge >= 0.3 is 5.69 Å². The number of nitro groups is 1. The first-order chi connectivity index (χ1) is 10.5. The van der Waals surface area contributed by atoms with E-state index in [9.17, 15) is 14.9 Å². The Morgan fingerprint density at radius 3 is 2.86 bits per heavy atom. The SMILES string of the molecule is COc1ccc(CSCC(=O)NCC(C)CN)cc1[N+](=O)[O-]. The van der Waals surface area contributed by atoms with Gasteiger partial charge < -0.3 is 15.8 Å². The van der Waals surface area contributed by atoms with E-state index in [4.69, 9.17) is 10.5 Å². The van der Waals surface area contributed by atoms with Crippen LogP contribution in [0, 0.1) is 16.0 Å². The van der Waals surface area contributed by atoms with Crippen LogP contribution in [0.25, 0.3) is 0 Å². The van der Waals surface area contributed by atoms with Crippen molar-refractivity contribution in [3.63, 3.8) is 0 Å². The van der Waals surface area contributed by atoms with Crippen molar-refractivity contribution < 1.29 is 14.5 Å². The van der Waals surface area contributed by atoms with E-state index < -0.39 is 4.92 Å². The molecular formula is C14H21N3O4S. The second kappa shape index (κ2) is 9.26. The molecule has 0 bridgehead atoms. The number of hydrogen-bond donors (Lipinski definition) is 2. The number of ether oxygens (including phenoxy) is 1. The first-order valence-electron chi connectivity index (χ1n) is 6.83. The molecule has 7 nitrogen and oxygen atoms in total. The number of carbonyl (C=O) groups excluding carboxylic acids is 1. The van der Waals surface area contributed by atoms with E-state index in [1.54, 1.807) is 12.1 Å². The largest absolute Gasteiger partial charge is 0.490 e. The van der Waals surface area contributed by atoms with Gasteiger partial charge in [-0.05, 0) is 24.1 Å². The van der Waals surface area contributed by atoms with Crippen LogP contribution in [-0.4, -0.2) is 36.8 Å². The standard InChI is InChI=1S/C14H21N3O4S/c1-10(6-15)7-16-14(18)9-22-8-11-3-4-13(21-2)12(5-11)17(19)20/h3-5,10H,6-9,15H2,1-2H3,(H,16,18). The van der Waals surface area contributed by atoms with Crippen LogP contribution < -0.4 is 15.8 Å². The van der Waals surface area contributed by atoms with Gasteiger partial charge in [-0.1, -0.05) is 13.0 Å². The van der Waals surface area contributed by atoms with Crippen molar-refractivity contribution in [3.8, 4) is 5.75 Å². The van der Waals surface area contributed by atoms with Crippen LogP contribution in [0.3, 0.4) is 0 Å². The van der Waals surface area contributed by atoms with Crippen LogP contribution in [-0.2, 0) is 10.5 Å². The van der Waals surface area contributed by atoms with Gasteiger partial charge in [-0.25, -0.2) is 0 Å². The predicted molar refractivity (Wildman–Crippen MR) is 87.0 cm³/mol. The predicted octanol–water partition coefficient (Wildman–Crippen LogP) is 1.55. The average molecular weight is 327 g/mol. The number of nitrogens with two attached hydrogens (primary N) is 1. The van der Waals surface area contributed by atoms with Crippen LogP contribution >= 0.6 is 11.8 Å². The van der Waals surface area contributed by atoms with Crippen molar-refractivity contribution in [1.29, 1.82) is 0 Å². The Morgan fingerprint density at radius 1 is 1.55 bits per heavy atom. The molecule has 0 saturated heterocycles. The first kappa shape index (κ1) is 18.2. The quantitative estimate of drug-likeness (QED) is 0.526. The number of nitrogens with one attached hydrogen (secondary N) is 1. The van der Waals surface area contributed by atoms with Gasteiger partial charge in [0, 0.05) is 18.4 Å². The fourth-order valence-electron chi connectivity index (χ4n) is 1.65. The van der Waals surface area contributed by atoms with E-state index in [1.807, 2.05) is 6.92 Å². The number of nitro benzene ring substituents is 1. The number of methoxy groups -OCH3 is 1. The van der Waals surface area contributed by atoms with Crippen molar-refractivity contribution >= 4 is 23.4 Å². The lowest BCUT2D eigenvalue weighted by Crippen LogP contribution is -2.32. The summed E-state index contributed by atoms with van der Waals surface area (Å²) in [4.78, 5) is 22.1. The lowest BCUT2D eigenvalue weighted by molar-refractivity contribution is -0.385. The van der Waals surface area contributed by atoms with Crippen LogP contribution in [0.1, 0.15) is 12.5 Å². The Morgan fingerprint density at radius 2 is 2.27 bits per heavy atom. The maximum Gasteiger partial charge on any atom is 0.311 e. The van der Waals surface area contributed by atoms with Crippen LogP contribution in [0.15, 0.2) is 18.2 Å². The van der Waals surface area contributed by atoms with Crippen LogP contribution in [0.4, 0.5) is 5.69 Å². The van der Waals surface area contributed by atoms with Crippen molar-refractivity contribution in [2.45, 2.75) is 12.7 Å². The van der Waals surface area contributed by atoms with E-state index in [0.29, 0.717) is 24.6 Å². The number of carbonyl (C=O) groups is 1. The molecule has 0 saturated carbocycles. The molecule has 0 fully saturated rings. The minimum Gasteiger partial charge on any atom is -0.490 e. The highest BCUT2D eigenvalue weighted by Crippen LogP contribution is 2.28. The van der Waals surface area contributed by atoms with Gasteiger partial charge in [0.2, 0.25) is 5.91 Å². The molecule has 1 aromatic rings. The molecule has 0 heterocycles. The molecular weight excluding hydrogens is 306 g/mol. The van der Waals surface area contributed by atoms with Gasteiger partial charge in [-0.15, -0.1) is 11.8 Å². The third-order valence-electron chi connectivity index (χ3n) is 2.99. The summed E-state index contributed by atoms with van der Waals surface area (Å²) in [6.07, 6.45) is 0. The third kappa shape index (κ3) is 5.90.